The van der Waals surface area contributed by atoms with E-state index in [9.17, 15) is 0 Å². The third kappa shape index (κ3) is 1.86. The number of nitrogens with one attached hydrogen (secondary N) is 1. The highest BCUT2D eigenvalue weighted by Crippen LogP contribution is 2.52. The van der Waals surface area contributed by atoms with E-state index in [1.54, 1.807) is 0 Å². The fourth-order valence-corrected chi connectivity index (χ4v) is 4.12. The Balaban J connectivity index is 2.08. The van der Waals surface area contributed by atoms with Gasteiger partial charge >= 0.3 is 0 Å². The average molecular weight is 213 g/mol. The van der Waals surface area contributed by atoms with E-state index in [2.05, 4.69) is 21.4 Å². The van der Waals surface area contributed by atoms with Crippen molar-refractivity contribution >= 4 is 9.39 Å². The van der Waals surface area contributed by atoms with Crippen molar-refractivity contribution in [3.8, 4) is 0 Å². The summed E-state index contributed by atoms with van der Waals surface area (Å²) in [6.45, 7) is 2.34. The Morgan fingerprint density at radius 2 is 1.79 bits per heavy atom. The zero-order chi connectivity index (χ0) is 10.1. The quantitative estimate of drug-likeness (QED) is 0.706. The van der Waals surface area contributed by atoms with E-state index >= 15 is 0 Å². The van der Waals surface area contributed by atoms with Crippen LogP contribution in [0.15, 0.2) is 0 Å². The zero-order valence-electron chi connectivity index (χ0n) is 9.44. The van der Waals surface area contributed by atoms with Crippen molar-refractivity contribution < 1.29 is 0 Å². The fraction of sp³-hybridized carbons (Fsp3) is 1.00. The zero-order valence-corrected chi connectivity index (χ0v) is 10.6. The molecular formula is C12H24NP. The Hall–Kier alpha value is 0.390. The smallest absolute Gasteiger partial charge is 0.0213 e. The predicted molar refractivity (Wildman–Crippen MR) is 65.2 cm³/mol. The van der Waals surface area contributed by atoms with Crippen LogP contribution in [0.2, 0.25) is 0 Å². The third-order valence-corrected chi connectivity index (χ3v) is 5.33. The molecule has 0 aromatic carbocycles. The van der Waals surface area contributed by atoms with Gasteiger partial charge in [0.25, 0.3) is 0 Å². The third-order valence-electron chi connectivity index (χ3n) is 4.72. The van der Waals surface area contributed by atoms with Crippen molar-refractivity contribution in [1.82, 2.24) is 5.09 Å². The molecule has 0 aromatic rings. The fourth-order valence-electron chi connectivity index (χ4n) is 3.68. The van der Waals surface area contributed by atoms with Gasteiger partial charge in [0.05, 0.1) is 0 Å². The molecule has 0 aromatic heterocycles. The molecule has 3 saturated carbocycles. The molecule has 0 spiro atoms. The molecule has 3 aliphatic rings. The summed E-state index contributed by atoms with van der Waals surface area (Å²) in [7, 11) is 2.76. The van der Waals surface area contributed by atoms with E-state index in [1.807, 2.05) is 0 Å². The minimum Gasteiger partial charge on any atom is -0.295 e. The summed E-state index contributed by atoms with van der Waals surface area (Å²) >= 11 is 0. The van der Waals surface area contributed by atoms with Gasteiger partial charge in [-0.05, 0) is 50.4 Å². The van der Waals surface area contributed by atoms with Crippen LogP contribution < -0.4 is 5.09 Å². The molecule has 1 unspecified atom stereocenters. The first kappa shape index (κ1) is 10.9. The second-order valence-corrected chi connectivity index (χ2v) is 5.82. The van der Waals surface area contributed by atoms with Gasteiger partial charge < -0.3 is 0 Å². The molecule has 3 fully saturated rings. The van der Waals surface area contributed by atoms with Gasteiger partial charge in [-0.1, -0.05) is 29.2 Å². The van der Waals surface area contributed by atoms with Gasteiger partial charge in [0.2, 0.25) is 0 Å². The maximum atomic E-state index is 3.52. The molecule has 0 radical (unpaired) electrons. The lowest BCUT2D eigenvalue weighted by atomic mass is 9.67. The molecule has 2 heteroatoms. The van der Waals surface area contributed by atoms with E-state index in [4.69, 9.17) is 0 Å². The summed E-state index contributed by atoms with van der Waals surface area (Å²) < 4.78 is 0. The summed E-state index contributed by atoms with van der Waals surface area (Å²) in [5.41, 5.74) is 1.24. The van der Waals surface area contributed by atoms with Crippen LogP contribution in [0.1, 0.15) is 64.7 Å². The molecule has 0 aliphatic heterocycles. The molecule has 14 heavy (non-hydrogen) atoms. The molecule has 82 valence electrons. The van der Waals surface area contributed by atoms with Gasteiger partial charge in [0.15, 0.2) is 0 Å². The Labute approximate surface area is 90.7 Å². The highest BCUT2D eigenvalue weighted by molar-refractivity contribution is 7.13. The minimum absolute atomic E-state index is 0.498. The summed E-state index contributed by atoms with van der Waals surface area (Å²) in [6, 6.07) is 0. The topological polar surface area (TPSA) is 12.0 Å². The van der Waals surface area contributed by atoms with Crippen molar-refractivity contribution in [3.05, 3.63) is 0 Å². The van der Waals surface area contributed by atoms with Crippen LogP contribution in [-0.2, 0) is 0 Å². The SMILES string of the molecule is CCCC12CCCC(NP)(CC1)CC2. The van der Waals surface area contributed by atoms with Crippen molar-refractivity contribution in [2.75, 3.05) is 0 Å². The van der Waals surface area contributed by atoms with Crippen LogP contribution in [0.25, 0.3) is 0 Å². The second-order valence-electron chi connectivity index (χ2n) is 5.53. The Morgan fingerprint density at radius 3 is 2.36 bits per heavy atom. The Bertz CT molecular complexity index is 194. The van der Waals surface area contributed by atoms with E-state index in [-0.39, 0.29) is 0 Å². The van der Waals surface area contributed by atoms with Gasteiger partial charge in [-0.2, -0.15) is 0 Å². The molecule has 3 rings (SSSR count). The van der Waals surface area contributed by atoms with Crippen LogP contribution in [0.3, 0.4) is 0 Å². The first-order chi connectivity index (χ1) is 6.74. The number of fused-ring (bicyclic) bond motifs is 4. The summed E-state index contributed by atoms with van der Waals surface area (Å²) in [5.74, 6) is 0. The molecule has 1 N–H and O–H groups in total. The number of rotatable bonds is 3. The molecule has 0 saturated heterocycles. The maximum Gasteiger partial charge on any atom is 0.0213 e. The first-order valence-corrected chi connectivity index (χ1v) is 6.80. The van der Waals surface area contributed by atoms with E-state index < -0.39 is 0 Å². The lowest BCUT2D eigenvalue weighted by Gasteiger charge is -2.43. The van der Waals surface area contributed by atoms with Gasteiger partial charge in [-0.25, -0.2) is 0 Å². The first-order valence-electron chi connectivity index (χ1n) is 6.22. The van der Waals surface area contributed by atoms with Crippen LogP contribution in [0.4, 0.5) is 0 Å². The Kier molecular flexibility index (Phi) is 3.19. The van der Waals surface area contributed by atoms with Gasteiger partial charge in [0, 0.05) is 5.54 Å². The normalized spacial score (nSPS) is 42.4. The highest BCUT2D eigenvalue weighted by atomic mass is 31.0. The largest absolute Gasteiger partial charge is 0.295 e. The monoisotopic (exact) mass is 213 g/mol. The van der Waals surface area contributed by atoms with Crippen LogP contribution in [0.5, 0.6) is 0 Å². The standard InChI is InChI=1S/C12H24NP/c1-2-4-11-5-3-6-12(13-14,9-7-11)10-8-11/h13H,2-10,14H2,1H3. The molecule has 1 nitrogen and oxygen atoms in total. The lowest BCUT2D eigenvalue weighted by Crippen LogP contribution is -2.43. The van der Waals surface area contributed by atoms with Crippen LogP contribution in [0, 0.1) is 5.41 Å². The van der Waals surface area contributed by atoms with Gasteiger partial charge in [0.1, 0.15) is 0 Å². The van der Waals surface area contributed by atoms with Gasteiger partial charge in [-0.3, -0.25) is 5.09 Å². The van der Waals surface area contributed by atoms with Crippen molar-refractivity contribution in [2.24, 2.45) is 5.41 Å². The van der Waals surface area contributed by atoms with Crippen LogP contribution in [-0.4, -0.2) is 5.54 Å². The summed E-state index contributed by atoms with van der Waals surface area (Å²) in [6.07, 6.45) is 13.0. The van der Waals surface area contributed by atoms with E-state index in [0.717, 1.165) is 5.41 Å². The molecule has 1 atom stereocenters. The lowest BCUT2D eigenvalue weighted by molar-refractivity contribution is 0.134. The Morgan fingerprint density at radius 1 is 1.07 bits per heavy atom. The van der Waals surface area contributed by atoms with Crippen LogP contribution >= 0.6 is 9.39 Å². The van der Waals surface area contributed by atoms with Crippen molar-refractivity contribution in [3.63, 3.8) is 0 Å². The number of hydrogen-bond donors (Lipinski definition) is 1. The van der Waals surface area contributed by atoms with Crippen molar-refractivity contribution in [1.29, 1.82) is 0 Å². The molecule has 3 aliphatic carbocycles. The minimum atomic E-state index is 0.498. The highest BCUT2D eigenvalue weighted by Gasteiger charge is 2.44. The summed E-state index contributed by atoms with van der Waals surface area (Å²) in [4.78, 5) is 0. The molecular weight excluding hydrogens is 189 g/mol. The predicted octanol–water partition coefficient (Wildman–Crippen LogP) is 3.65. The molecule has 2 bridgehead atoms. The number of hydrogen-bond acceptors (Lipinski definition) is 1. The van der Waals surface area contributed by atoms with E-state index in [0.29, 0.717) is 5.54 Å². The van der Waals surface area contributed by atoms with Gasteiger partial charge in [-0.15, -0.1) is 0 Å². The maximum absolute atomic E-state index is 3.52. The van der Waals surface area contributed by atoms with E-state index in [1.165, 1.54) is 57.8 Å². The molecule has 0 amide bonds. The van der Waals surface area contributed by atoms with Crippen molar-refractivity contribution in [2.45, 2.75) is 70.3 Å². The average Bonchev–Trinajstić information content (AvgIpc) is 2.49. The second kappa shape index (κ2) is 4.10. The molecule has 0 heterocycles. The summed E-state index contributed by atoms with van der Waals surface area (Å²) in [5, 5.41) is 3.52.